The van der Waals surface area contributed by atoms with Crippen molar-refractivity contribution >= 4 is 23.6 Å². The first-order valence-electron chi connectivity index (χ1n) is 12.4. The van der Waals surface area contributed by atoms with Gasteiger partial charge in [0.1, 0.15) is 17.6 Å². The van der Waals surface area contributed by atoms with Gasteiger partial charge in [-0.1, -0.05) is 33.6 Å². The van der Waals surface area contributed by atoms with Crippen LogP contribution in [0.2, 0.25) is 0 Å². The summed E-state index contributed by atoms with van der Waals surface area (Å²) >= 11 is 0. The maximum Gasteiger partial charge on any atom is 0.471 e. The molecule has 3 N–H and O–H groups in total. The molecule has 1 aliphatic carbocycles. The van der Waals surface area contributed by atoms with Crippen molar-refractivity contribution in [2.75, 3.05) is 13.1 Å². The Balaban J connectivity index is 1.88. The molecule has 4 amide bonds. The van der Waals surface area contributed by atoms with Gasteiger partial charge in [0.05, 0.1) is 6.07 Å². The van der Waals surface area contributed by atoms with Crippen molar-refractivity contribution in [3.8, 4) is 6.07 Å². The molecular formula is C24H34F3N5O4. The normalized spacial score (nSPS) is 27.9. The number of rotatable bonds is 6. The molecule has 1 saturated carbocycles. The Labute approximate surface area is 208 Å². The van der Waals surface area contributed by atoms with Crippen LogP contribution in [0.25, 0.3) is 0 Å². The van der Waals surface area contributed by atoms with E-state index in [1.54, 1.807) is 20.8 Å². The zero-order valence-corrected chi connectivity index (χ0v) is 20.8. The number of amides is 4. The molecular weight excluding hydrogens is 479 g/mol. The van der Waals surface area contributed by atoms with Gasteiger partial charge >= 0.3 is 12.1 Å². The Morgan fingerprint density at radius 1 is 1.17 bits per heavy atom. The Hall–Kier alpha value is -2.84. The number of carbonyl (C=O) groups excluding carboxylic acids is 4. The predicted octanol–water partition coefficient (Wildman–Crippen LogP) is 1.78. The molecule has 36 heavy (non-hydrogen) atoms. The van der Waals surface area contributed by atoms with Gasteiger partial charge < -0.3 is 20.9 Å². The predicted molar refractivity (Wildman–Crippen MR) is 122 cm³/mol. The molecule has 2 heterocycles. The largest absolute Gasteiger partial charge is 0.471 e. The molecule has 0 aromatic carbocycles. The number of alkyl halides is 3. The molecule has 0 radical (unpaired) electrons. The number of nitriles is 1. The number of carbonyl (C=O) groups is 4. The van der Waals surface area contributed by atoms with E-state index in [-0.39, 0.29) is 24.8 Å². The minimum atomic E-state index is -5.16. The number of hydrogen-bond acceptors (Lipinski definition) is 5. The van der Waals surface area contributed by atoms with Gasteiger partial charge in [-0.15, -0.1) is 0 Å². The highest BCUT2D eigenvalue weighted by Crippen LogP contribution is 2.46. The average Bonchev–Trinajstić information content (AvgIpc) is 3.38. The number of nitrogens with zero attached hydrogens (tertiary/aromatic N) is 2. The van der Waals surface area contributed by atoms with Crippen LogP contribution in [0, 0.1) is 28.6 Å². The highest BCUT2D eigenvalue weighted by atomic mass is 19.4. The summed E-state index contributed by atoms with van der Waals surface area (Å²) in [7, 11) is 0. The van der Waals surface area contributed by atoms with Crippen LogP contribution in [0.3, 0.4) is 0 Å². The molecule has 0 bridgehead atoms. The van der Waals surface area contributed by atoms with Crippen molar-refractivity contribution in [3.63, 3.8) is 0 Å². The summed E-state index contributed by atoms with van der Waals surface area (Å²) in [4.78, 5) is 52.6. The highest BCUT2D eigenvalue weighted by molar-refractivity contribution is 5.96. The maximum absolute atomic E-state index is 13.8. The van der Waals surface area contributed by atoms with E-state index in [2.05, 4.69) is 10.6 Å². The quantitative estimate of drug-likeness (QED) is 0.498. The zero-order chi connectivity index (χ0) is 26.9. The minimum absolute atomic E-state index is 0.134. The summed E-state index contributed by atoms with van der Waals surface area (Å²) in [6.07, 6.45) is -1.54. The summed E-state index contributed by atoms with van der Waals surface area (Å²) in [6.45, 7) is 5.30. The first kappa shape index (κ1) is 27.7. The van der Waals surface area contributed by atoms with E-state index in [1.807, 2.05) is 11.4 Å². The SMILES string of the molecule is CC(C)(C)[C@H](NC(=O)C(F)(F)F)C(=O)N1CCC2CCCC[C@@]21C(=O)N[C@H](C#N)C[C@@H]1CCNC1=O. The second-order valence-electron chi connectivity index (χ2n) is 11.1. The summed E-state index contributed by atoms with van der Waals surface area (Å²) < 4.78 is 39.1. The minimum Gasteiger partial charge on any atom is -0.356 e. The molecule has 200 valence electrons. The smallest absolute Gasteiger partial charge is 0.356 e. The summed E-state index contributed by atoms with van der Waals surface area (Å²) in [5, 5.41) is 16.9. The summed E-state index contributed by atoms with van der Waals surface area (Å²) in [5.74, 6) is -4.29. The highest BCUT2D eigenvalue weighted by Gasteiger charge is 2.58. The van der Waals surface area contributed by atoms with E-state index in [0.717, 1.165) is 6.42 Å². The number of nitrogens with one attached hydrogen (secondary N) is 3. The molecule has 5 atom stereocenters. The molecule has 0 spiro atoms. The van der Waals surface area contributed by atoms with E-state index < -0.39 is 52.9 Å². The third-order valence-electron chi connectivity index (χ3n) is 7.67. The van der Waals surface area contributed by atoms with E-state index in [1.165, 1.54) is 4.90 Å². The number of halogens is 3. The van der Waals surface area contributed by atoms with E-state index in [9.17, 15) is 37.6 Å². The summed E-state index contributed by atoms with van der Waals surface area (Å²) in [6, 6.07) is -0.430. The number of fused-ring (bicyclic) bond motifs is 1. The van der Waals surface area contributed by atoms with Crippen molar-refractivity contribution in [1.29, 1.82) is 5.26 Å². The second-order valence-corrected chi connectivity index (χ2v) is 11.1. The molecule has 3 fully saturated rings. The average molecular weight is 514 g/mol. The van der Waals surface area contributed by atoms with Gasteiger partial charge in [-0.3, -0.25) is 19.2 Å². The van der Waals surface area contributed by atoms with Crippen LogP contribution in [-0.4, -0.2) is 65.4 Å². The molecule has 0 aromatic rings. The lowest BCUT2D eigenvalue weighted by molar-refractivity contribution is -0.176. The van der Waals surface area contributed by atoms with Gasteiger partial charge in [-0.05, 0) is 43.4 Å². The first-order chi connectivity index (χ1) is 16.7. The molecule has 12 heteroatoms. The maximum atomic E-state index is 13.8. The lowest BCUT2D eigenvalue weighted by Gasteiger charge is -2.46. The van der Waals surface area contributed by atoms with E-state index >= 15 is 0 Å². The van der Waals surface area contributed by atoms with Gasteiger partial charge in [0, 0.05) is 19.0 Å². The molecule has 9 nitrogen and oxygen atoms in total. The molecule has 3 aliphatic rings. The van der Waals surface area contributed by atoms with Crippen LogP contribution >= 0.6 is 0 Å². The Kier molecular flexibility index (Phi) is 7.91. The van der Waals surface area contributed by atoms with Crippen LogP contribution in [0.4, 0.5) is 13.2 Å². The zero-order valence-electron chi connectivity index (χ0n) is 20.8. The van der Waals surface area contributed by atoms with Gasteiger partial charge in [-0.2, -0.15) is 18.4 Å². The molecule has 2 aliphatic heterocycles. The molecule has 3 rings (SSSR count). The lowest BCUT2D eigenvalue weighted by Crippen LogP contribution is -2.66. The Morgan fingerprint density at radius 2 is 1.86 bits per heavy atom. The van der Waals surface area contributed by atoms with Crippen LogP contribution < -0.4 is 16.0 Å². The first-order valence-corrected chi connectivity index (χ1v) is 12.4. The van der Waals surface area contributed by atoms with Crippen LogP contribution in [0.5, 0.6) is 0 Å². The fraction of sp³-hybridized carbons (Fsp3) is 0.792. The third kappa shape index (κ3) is 5.44. The van der Waals surface area contributed by atoms with Crippen LogP contribution in [0.1, 0.15) is 65.7 Å². The monoisotopic (exact) mass is 513 g/mol. The van der Waals surface area contributed by atoms with Gasteiger partial charge in [-0.25, -0.2) is 0 Å². The molecule has 0 aromatic heterocycles. The standard InChI is InChI=1S/C24H34F3N5O4/c1-22(2,3)17(31-21(36)24(25,26)27)19(34)32-11-8-15-6-4-5-9-23(15,32)20(35)30-16(13-28)12-14-7-10-29-18(14)33/h14-17H,4-12H2,1-3H3,(H,29,33)(H,30,35)(H,31,36)/t14-,15?,16-,17+,23-/m0/s1. The van der Waals surface area contributed by atoms with Crippen molar-refractivity contribution in [2.45, 2.75) is 89.5 Å². The topological polar surface area (TPSA) is 131 Å². The fourth-order valence-corrected chi connectivity index (χ4v) is 5.78. The number of hydrogen-bond donors (Lipinski definition) is 3. The molecule has 1 unspecified atom stereocenters. The van der Waals surface area contributed by atoms with E-state index in [0.29, 0.717) is 38.6 Å². The van der Waals surface area contributed by atoms with Gasteiger partial charge in [0.15, 0.2) is 0 Å². The fourth-order valence-electron chi connectivity index (χ4n) is 5.78. The number of likely N-dealkylation sites (tertiary alicyclic amines) is 1. The van der Waals surface area contributed by atoms with Crippen molar-refractivity contribution in [2.24, 2.45) is 17.3 Å². The van der Waals surface area contributed by atoms with Gasteiger partial charge in [0.25, 0.3) is 0 Å². The lowest BCUT2D eigenvalue weighted by atomic mass is 9.72. The van der Waals surface area contributed by atoms with E-state index in [4.69, 9.17) is 0 Å². The van der Waals surface area contributed by atoms with Crippen LogP contribution in [0.15, 0.2) is 0 Å². The molecule has 2 saturated heterocycles. The Morgan fingerprint density at radius 3 is 2.42 bits per heavy atom. The van der Waals surface area contributed by atoms with Crippen molar-refractivity contribution < 1.29 is 32.3 Å². The Bertz CT molecular complexity index is 942. The second kappa shape index (κ2) is 10.3. The van der Waals surface area contributed by atoms with Crippen molar-refractivity contribution in [1.82, 2.24) is 20.9 Å². The van der Waals surface area contributed by atoms with Crippen LogP contribution in [-0.2, 0) is 19.2 Å². The summed E-state index contributed by atoms with van der Waals surface area (Å²) in [5.41, 5.74) is -2.39. The third-order valence-corrected chi connectivity index (χ3v) is 7.67. The van der Waals surface area contributed by atoms with Crippen molar-refractivity contribution in [3.05, 3.63) is 0 Å². The van der Waals surface area contributed by atoms with Gasteiger partial charge in [0.2, 0.25) is 17.7 Å².